The minimum Gasteiger partial charge on any atom is -0.484 e. The van der Waals surface area contributed by atoms with Crippen LogP contribution in [0.4, 0.5) is 5.82 Å². The van der Waals surface area contributed by atoms with Crippen molar-refractivity contribution in [3.8, 4) is 5.75 Å². The third-order valence-electron chi connectivity index (χ3n) is 3.50. The third-order valence-corrected chi connectivity index (χ3v) is 3.50. The van der Waals surface area contributed by atoms with E-state index in [1.807, 2.05) is 42.5 Å². The molecule has 0 radical (unpaired) electrons. The second-order valence-corrected chi connectivity index (χ2v) is 5.08. The van der Waals surface area contributed by atoms with E-state index >= 15 is 0 Å². The van der Waals surface area contributed by atoms with Crippen molar-refractivity contribution in [1.29, 1.82) is 0 Å². The van der Waals surface area contributed by atoms with E-state index in [0.29, 0.717) is 12.3 Å². The molecule has 0 saturated heterocycles. The van der Waals surface area contributed by atoms with E-state index in [0.717, 1.165) is 24.5 Å². The summed E-state index contributed by atoms with van der Waals surface area (Å²) in [5.74, 6) is 1.49. The van der Waals surface area contributed by atoms with Gasteiger partial charge in [0.25, 0.3) is 5.91 Å². The Labute approximate surface area is 137 Å². The lowest BCUT2D eigenvalue weighted by molar-refractivity contribution is -0.123. The van der Waals surface area contributed by atoms with Crippen LogP contribution in [0.25, 0.3) is 0 Å². The van der Waals surface area contributed by atoms with Crippen molar-refractivity contribution < 1.29 is 9.53 Å². The van der Waals surface area contributed by atoms with E-state index < -0.39 is 0 Å². The summed E-state index contributed by atoms with van der Waals surface area (Å²) in [5, 5.41) is 2.83. The lowest BCUT2D eigenvalue weighted by Crippen LogP contribution is -2.28. The van der Waals surface area contributed by atoms with Crippen LogP contribution >= 0.6 is 0 Å². The van der Waals surface area contributed by atoms with E-state index in [2.05, 4.69) is 29.0 Å². The van der Waals surface area contributed by atoms with E-state index in [1.54, 1.807) is 6.20 Å². The van der Waals surface area contributed by atoms with Gasteiger partial charge in [-0.25, -0.2) is 4.98 Å². The number of carbonyl (C=O) groups is 1. The normalized spacial score (nSPS) is 10.2. The predicted octanol–water partition coefficient (Wildman–Crippen LogP) is 2.62. The molecule has 0 bridgehead atoms. The average Bonchev–Trinajstić information content (AvgIpc) is 2.61. The van der Waals surface area contributed by atoms with Crippen LogP contribution in [0.3, 0.4) is 0 Å². The maximum Gasteiger partial charge on any atom is 0.258 e. The number of hydrogen-bond donors (Lipinski definition) is 1. The third kappa shape index (κ3) is 5.29. The number of aromatic nitrogens is 1. The second-order valence-electron chi connectivity index (χ2n) is 5.08. The van der Waals surface area contributed by atoms with E-state index in [4.69, 9.17) is 4.74 Å². The van der Waals surface area contributed by atoms with Gasteiger partial charge < -0.3 is 15.0 Å². The molecule has 0 spiro atoms. The maximum atomic E-state index is 11.8. The number of nitrogens with one attached hydrogen (secondary N) is 1. The van der Waals surface area contributed by atoms with Crippen LogP contribution in [0, 0.1) is 0 Å². The van der Waals surface area contributed by atoms with E-state index in [1.165, 1.54) is 0 Å². The minimum atomic E-state index is -0.151. The van der Waals surface area contributed by atoms with Crippen LogP contribution in [0.2, 0.25) is 0 Å². The fraction of sp³-hybridized carbons (Fsp3) is 0.333. The predicted molar refractivity (Wildman–Crippen MR) is 91.6 cm³/mol. The van der Waals surface area contributed by atoms with Gasteiger partial charge in [-0.3, -0.25) is 4.79 Å². The van der Waals surface area contributed by atoms with Crippen molar-refractivity contribution in [2.75, 3.05) is 24.6 Å². The lowest BCUT2D eigenvalue weighted by atomic mass is 10.2. The first-order chi connectivity index (χ1) is 11.2. The highest BCUT2D eigenvalue weighted by molar-refractivity contribution is 5.77. The zero-order valence-corrected chi connectivity index (χ0v) is 13.7. The minimum absolute atomic E-state index is 0.00890. The summed E-state index contributed by atoms with van der Waals surface area (Å²) in [6.45, 7) is 6.52. The summed E-state index contributed by atoms with van der Waals surface area (Å²) in [6.07, 6.45) is 1.80. The molecule has 0 aliphatic carbocycles. The van der Waals surface area contributed by atoms with Gasteiger partial charge in [-0.15, -0.1) is 0 Å². The lowest BCUT2D eigenvalue weighted by Gasteiger charge is -2.19. The van der Waals surface area contributed by atoms with Crippen LogP contribution in [-0.2, 0) is 11.3 Å². The fourth-order valence-corrected chi connectivity index (χ4v) is 2.17. The summed E-state index contributed by atoms with van der Waals surface area (Å²) >= 11 is 0. The summed E-state index contributed by atoms with van der Waals surface area (Å²) in [5.41, 5.74) is 0.967. The smallest absolute Gasteiger partial charge is 0.258 e. The molecule has 0 fully saturated rings. The molecule has 1 aromatic heterocycles. The molecule has 0 atom stereocenters. The molecule has 122 valence electrons. The Balaban J connectivity index is 1.78. The monoisotopic (exact) mass is 313 g/mol. The number of hydrogen-bond acceptors (Lipinski definition) is 4. The van der Waals surface area contributed by atoms with Gasteiger partial charge >= 0.3 is 0 Å². The van der Waals surface area contributed by atoms with Crippen LogP contribution in [0.15, 0.2) is 48.7 Å². The molecule has 5 heteroatoms. The summed E-state index contributed by atoms with van der Waals surface area (Å²) in [4.78, 5) is 18.4. The number of rotatable bonds is 8. The van der Waals surface area contributed by atoms with Gasteiger partial charge in [0.2, 0.25) is 0 Å². The number of carbonyl (C=O) groups excluding carboxylic acids is 1. The molecule has 0 unspecified atom stereocenters. The molecular weight excluding hydrogens is 290 g/mol. The van der Waals surface area contributed by atoms with Crippen molar-refractivity contribution in [2.45, 2.75) is 20.4 Å². The summed E-state index contributed by atoms with van der Waals surface area (Å²) in [6, 6.07) is 13.3. The van der Waals surface area contributed by atoms with Crippen molar-refractivity contribution >= 4 is 11.7 Å². The van der Waals surface area contributed by atoms with Crippen LogP contribution in [-0.4, -0.2) is 30.6 Å². The molecule has 1 aromatic carbocycles. The summed E-state index contributed by atoms with van der Waals surface area (Å²) in [7, 11) is 0. The molecule has 23 heavy (non-hydrogen) atoms. The molecule has 0 aliphatic rings. The number of benzene rings is 1. The molecule has 1 heterocycles. The molecule has 2 aromatic rings. The number of nitrogens with zero attached hydrogens (tertiary/aromatic N) is 2. The zero-order chi connectivity index (χ0) is 16.5. The van der Waals surface area contributed by atoms with Crippen LogP contribution < -0.4 is 15.0 Å². The molecule has 0 aliphatic heterocycles. The topological polar surface area (TPSA) is 54.5 Å². The molecule has 1 amide bonds. The van der Waals surface area contributed by atoms with Gasteiger partial charge in [-0.2, -0.15) is 0 Å². The first kappa shape index (κ1) is 16.8. The molecule has 1 N–H and O–H groups in total. The highest BCUT2D eigenvalue weighted by Gasteiger charge is 2.05. The molecule has 0 saturated carbocycles. The number of amides is 1. The van der Waals surface area contributed by atoms with Gasteiger partial charge in [-0.1, -0.05) is 24.3 Å². The van der Waals surface area contributed by atoms with Crippen molar-refractivity contribution in [2.24, 2.45) is 0 Å². The number of pyridine rings is 1. The number of ether oxygens (including phenoxy) is 1. The van der Waals surface area contributed by atoms with E-state index in [9.17, 15) is 4.79 Å². The Kier molecular flexibility index (Phi) is 6.41. The van der Waals surface area contributed by atoms with Gasteiger partial charge in [0, 0.05) is 25.8 Å². The standard InChI is InChI=1S/C18H23N3O2/c1-3-21(4-2)17-11-10-15(12-19-17)13-20-18(22)14-23-16-8-6-5-7-9-16/h5-12H,3-4,13-14H2,1-2H3,(H,20,22). The Morgan fingerprint density at radius 3 is 2.48 bits per heavy atom. The molecular formula is C18H23N3O2. The molecule has 5 nitrogen and oxygen atoms in total. The van der Waals surface area contributed by atoms with Crippen molar-refractivity contribution in [3.05, 3.63) is 54.2 Å². The number of para-hydroxylation sites is 1. The zero-order valence-electron chi connectivity index (χ0n) is 13.7. The van der Waals surface area contributed by atoms with Gasteiger partial charge in [0.05, 0.1) is 0 Å². The quantitative estimate of drug-likeness (QED) is 0.814. The first-order valence-corrected chi connectivity index (χ1v) is 7.87. The van der Waals surface area contributed by atoms with Gasteiger partial charge in [0.1, 0.15) is 11.6 Å². The Hall–Kier alpha value is -2.56. The number of anilines is 1. The first-order valence-electron chi connectivity index (χ1n) is 7.87. The fourth-order valence-electron chi connectivity index (χ4n) is 2.17. The maximum absolute atomic E-state index is 11.8. The van der Waals surface area contributed by atoms with Crippen molar-refractivity contribution in [1.82, 2.24) is 10.3 Å². The second kappa shape index (κ2) is 8.78. The SMILES string of the molecule is CCN(CC)c1ccc(CNC(=O)COc2ccccc2)cn1. The average molecular weight is 313 g/mol. The van der Waals surface area contributed by atoms with Crippen molar-refractivity contribution in [3.63, 3.8) is 0 Å². The molecule has 2 rings (SSSR count). The highest BCUT2D eigenvalue weighted by atomic mass is 16.5. The Bertz CT molecular complexity index is 595. The Morgan fingerprint density at radius 2 is 1.87 bits per heavy atom. The van der Waals surface area contributed by atoms with Gasteiger partial charge in [0.15, 0.2) is 6.61 Å². The van der Waals surface area contributed by atoms with Gasteiger partial charge in [-0.05, 0) is 37.6 Å². The highest BCUT2D eigenvalue weighted by Crippen LogP contribution is 2.11. The van der Waals surface area contributed by atoms with Crippen LogP contribution in [0.5, 0.6) is 5.75 Å². The Morgan fingerprint density at radius 1 is 1.13 bits per heavy atom. The van der Waals surface area contributed by atoms with Crippen LogP contribution in [0.1, 0.15) is 19.4 Å². The summed E-state index contributed by atoms with van der Waals surface area (Å²) < 4.78 is 5.40. The largest absolute Gasteiger partial charge is 0.484 e. The van der Waals surface area contributed by atoms with E-state index in [-0.39, 0.29) is 12.5 Å².